The molecule has 0 aromatic rings. The lowest BCUT2D eigenvalue weighted by Gasteiger charge is -2.21. The zero-order valence-electron chi connectivity index (χ0n) is 10.5. The Bertz CT molecular complexity index is 277. The van der Waals surface area contributed by atoms with Crippen LogP contribution in [-0.2, 0) is 14.3 Å². The molecule has 0 unspecified atom stereocenters. The normalized spacial score (nSPS) is 22.0. The van der Waals surface area contributed by atoms with Crippen LogP contribution in [0.3, 0.4) is 0 Å². The molecular weight excluding hydrogens is 216 g/mol. The zero-order valence-corrected chi connectivity index (χ0v) is 10.5. The highest BCUT2D eigenvalue weighted by atomic mass is 16.6. The summed E-state index contributed by atoms with van der Waals surface area (Å²) in [5.41, 5.74) is 0. The first kappa shape index (κ1) is 12.6. The second-order valence-corrected chi connectivity index (χ2v) is 4.96. The number of carbonyl (C=O) groups excluding carboxylic acids is 1. The second-order valence-electron chi connectivity index (χ2n) is 4.96. The fourth-order valence-corrected chi connectivity index (χ4v) is 2.49. The Morgan fingerprint density at radius 3 is 2.71 bits per heavy atom. The van der Waals surface area contributed by atoms with Gasteiger partial charge in [-0.15, -0.1) is 0 Å². The fraction of sp³-hybridized carbons (Fsp3) is 0.786. The number of ether oxygens (including phenoxy) is 2. The molecule has 0 radical (unpaired) electrons. The van der Waals surface area contributed by atoms with E-state index < -0.39 is 0 Å². The third-order valence-electron chi connectivity index (χ3n) is 3.48. The maximum Gasteiger partial charge on any atom is 0.337 e. The van der Waals surface area contributed by atoms with Gasteiger partial charge < -0.3 is 9.47 Å². The van der Waals surface area contributed by atoms with E-state index in [1.54, 1.807) is 0 Å². The quantitative estimate of drug-likeness (QED) is 0.705. The van der Waals surface area contributed by atoms with Gasteiger partial charge in [-0.3, -0.25) is 0 Å². The first-order valence-corrected chi connectivity index (χ1v) is 6.86. The Balaban J connectivity index is 1.64. The van der Waals surface area contributed by atoms with Crippen LogP contribution in [0.2, 0.25) is 0 Å². The molecule has 0 bridgehead atoms. The number of rotatable bonds is 4. The molecule has 2 aliphatic carbocycles. The van der Waals surface area contributed by atoms with Gasteiger partial charge in [0.15, 0.2) is 0 Å². The molecule has 1 saturated carbocycles. The van der Waals surface area contributed by atoms with E-state index in [9.17, 15) is 4.79 Å². The summed E-state index contributed by atoms with van der Waals surface area (Å²) in [4.78, 5) is 11.6. The average molecular weight is 238 g/mol. The second kappa shape index (κ2) is 6.80. The minimum absolute atomic E-state index is 0.113. The summed E-state index contributed by atoms with van der Waals surface area (Å²) in [5.74, 6) is 0.609. The lowest BCUT2D eigenvalue weighted by atomic mass is 9.98. The molecular formula is C14H22O3. The molecule has 0 spiro atoms. The molecule has 17 heavy (non-hydrogen) atoms. The predicted molar refractivity (Wildman–Crippen MR) is 65.5 cm³/mol. The van der Waals surface area contributed by atoms with E-state index in [1.807, 2.05) is 6.08 Å². The molecule has 1 fully saturated rings. The van der Waals surface area contributed by atoms with Gasteiger partial charge in [-0.1, -0.05) is 19.3 Å². The van der Waals surface area contributed by atoms with E-state index in [-0.39, 0.29) is 18.7 Å². The van der Waals surface area contributed by atoms with E-state index in [1.165, 1.54) is 25.7 Å². The summed E-state index contributed by atoms with van der Waals surface area (Å²) >= 11 is 0. The van der Waals surface area contributed by atoms with Gasteiger partial charge in [0.1, 0.15) is 12.4 Å². The van der Waals surface area contributed by atoms with E-state index in [2.05, 4.69) is 0 Å². The first-order chi connectivity index (χ1) is 8.34. The predicted octanol–water partition coefficient (Wildman–Crippen LogP) is 3.34. The van der Waals surface area contributed by atoms with Gasteiger partial charge in [0.2, 0.25) is 0 Å². The zero-order chi connectivity index (χ0) is 11.9. The molecule has 0 amide bonds. The third-order valence-corrected chi connectivity index (χ3v) is 3.48. The third kappa shape index (κ3) is 4.50. The van der Waals surface area contributed by atoms with Crippen LogP contribution in [-0.4, -0.2) is 18.7 Å². The van der Waals surface area contributed by atoms with Crippen molar-refractivity contribution in [2.75, 3.05) is 6.61 Å². The molecule has 0 aromatic heterocycles. The van der Waals surface area contributed by atoms with Crippen LogP contribution in [0.5, 0.6) is 0 Å². The number of esters is 1. The van der Waals surface area contributed by atoms with Gasteiger partial charge in [-0.05, 0) is 38.2 Å². The fourth-order valence-electron chi connectivity index (χ4n) is 2.49. The van der Waals surface area contributed by atoms with Crippen LogP contribution < -0.4 is 0 Å². The summed E-state index contributed by atoms with van der Waals surface area (Å²) < 4.78 is 10.9. The Morgan fingerprint density at radius 1 is 1.18 bits per heavy atom. The van der Waals surface area contributed by atoms with Crippen molar-refractivity contribution in [1.29, 1.82) is 0 Å². The topological polar surface area (TPSA) is 35.5 Å². The molecule has 0 heterocycles. The van der Waals surface area contributed by atoms with Crippen LogP contribution in [0.25, 0.3) is 0 Å². The van der Waals surface area contributed by atoms with Crippen molar-refractivity contribution >= 4 is 5.97 Å². The minimum Gasteiger partial charge on any atom is -0.430 e. The van der Waals surface area contributed by atoms with Crippen molar-refractivity contribution < 1.29 is 14.3 Å². The number of hydrogen-bond donors (Lipinski definition) is 0. The van der Waals surface area contributed by atoms with E-state index in [4.69, 9.17) is 9.47 Å². The van der Waals surface area contributed by atoms with E-state index >= 15 is 0 Å². The first-order valence-electron chi connectivity index (χ1n) is 6.86. The highest BCUT2D eigenvalue weighted by Crippen LogP contribution is 2.21. The van der Waals surface area contributed by atoms with Crippen LogP contribution >= 0.6 is 0 Å². The number of allylic oxidation sites excluding steroid dienone is 2. The van der Waals surface area contributed by atoms with Crippen LogP contribution in [0.15, 0.2) is 11.8 Å². The molecule has 96 valence electrons. The van der Waals surface area contributed by atoms with Crippen molar-refractivity contribution in [3.8, 4) is 0 Å². The average Bonchev–Trinajstić information content (AvgIpc) is 2.39. The van der Waals surface area contributed by atoms with Crippen LogP contribution in [0, 0.1) is 0 Å². The standard InChI is InChI=1S/C14H22O3/c15-14(17-13-9-5-2-6-10-13)11-16-12-7-3-1-4-8-12/h9,12H,1-8,10-11H2. The van der Waals surface area contributed by atoms with Crippen molar-refractivity contribution in [3.05, 3.63) is 11.8 Å². The van der Waals surface area contributed by atoms with E-state index in [0.29, 0.717) is 0 Å². The minimum atomic E-state index is -0.233. The molecule has 0 saturated heterocycles. The largest absolute Gasteiger partial charge is 0.430 e. The summed E-state index contributed by atoms with van der Waals surface area (Å²) in [6, 6.07) is 0. The van der Waals surface area contributed by atoms with E-state index in [0.717, 1.165) is 37.9 Å². The molecule has 0 aromatic carbocycles. The monoisotopic (exact) mass is 238 g/mol. The molecule has 2 rings (SSSR count). The Hall–Kier alpha value is -0.830. The molecule has 3 heteroatoms. The SMILES string of the molecule is O=C(COC1CCCCC1)OC1=CCCCC1. The number of carbonyl (C=O) groups is 1. The highest BCUT2D eigenvalue weighted by molar-refractivity contribution is 5.71. The lowest BCUT2D eigenvalue weighted by Crippen LogP contribution is -2.22. The van der Waals surface area contributed by atoms with Gasteiger partial charge in [0.25, 0.3) is 0 Å². The van der Waals surface area contributed by atoms with Gasteiger partial charge >= 0.3 is 5.97 Å². The summed E-state index contributed by atoms with van der Waals surface area (Å²) in [6.45, 7) is 0.113. The molecule has 0 atom stereocenters. The van der Waals surface area contributed by atoms with Crippen molar-refractivity contribution in [1.82, 2.24) is 0 Å². The number of hydrogen-bond acceptors (Lipinski definition) is 3. The Kier molecular flexibility index (Phi) is 5.05. The van der Waals surface area contributed by atoms with Crippen molar-refractivity contribution in [3.63, 3.8) is 0 Å². The van der Waals surface area contributed by atoms with Crippen molar-refractivity contribution in [2.24, 2.45) is 0 Å². The summed E-state index contributed by atoms with van der Waals surface area (Å²) in [6.07, 6.45) is 12.5. The van der Waals surface area contributed by atoms with Gasteiger partial charge in [-0.25, -0.2) is 4.79 Å². The molecule has 2 aliphatic rings. The Morgan fingerprint density at radius 2 is 2.00 bits per heavy atom. The smallest absolute Gasteiger partial charge is 0.337 e. The van der Waals surface area contributed by atoms with Gasteiger partial charge in [0, 0.05) is 6.42 Å². The lowest BCUT2D eigenvalue weighted by molar-refractivity contribution is -0.147. The maximum absolute atomic E-state index is 11.6. The summed E-state index contributed by atoms with van der Waals surface area (Å²) in [7, 11) is 0. The van der Waals surface area contributed by atoms with Gasteiger partial charge in [-0.2, -0.15) is 0 Å². The van der Waals surface area contributed by atoms with Gasteiger partial charge in [0.05, 0.1) is 6.10 Å². The maximum atomic E-state index is 11.6. The Labute approximate surface area is 103 Å². The molecule has 0 N–H and O–H groups in total. The van der Waals surface area contributed by atoms with Crippen LogP contribution in [0.1, 0.15) is 57.8 Å². The van der Waals surface area contributed by atoms with Crippen LogP contribution in [0.4, 0.5) is 0 Å². The molecule has 3 nitrogen and oxygen atoms in total. The highest BCUT2D eigenvalue weighted by Gasteiger charge is 2.16. The van der Waals surface area contributed by atoms with Crippen molar-refractivity contribution in [2.45, 2.75) is 63.9 Å². The summed E-state index contributed by atoms with van der Waals surface area (Å²) in [5, 5.41) is 0. The molecule has 0 aliphatic heterocycles.